The molecule has 30 heavy (non-hydrogen) atoms. The summed E-state index contributed by atoms with van der Waals surface area (Å²) in [6.45, 7) is 2.00. The normalized spacial score (nSPS) is 10.9. The van der Waals surface area contributed by atoms with E-state index in [2.05, 4.69) is 20.5 Å². The monoisotopic (exact) mass is 403 g/mol. The van der Waals surface area contributed by atoms with Crippen molar-refractivity contribution in [1.82, 2.24) is 29.3 Å². The van der Waals surface area contributed by atoms with Gasteiger partial charge in [0.1, 0.15) is 6.54 Å². The van der Waals surface area contributed by atoms with Gasteiger partial charge in [0.25, 0.3) is 5.91 Å². The number of carbonyl (C=O) groups is 2. The molecule has 0 unspecified atom stereocenters. The molecule has 0 atom stereocenters. The van der Waals surface area contributed by atoms with Crippen LogP contribution in [0.3, 0.4) is 0 Å². The lowest BCUT2D eigenvalue weighted by Crippen LogP contribution is -2.21. The molecule has 4 rings (SSSR count). The summed E-state index contributed by atoms with van der Waals surface area (Å²) in [4.78, 5) is 30.3. The van der Waals surface area contributed by atoms with Gasteiger partial charge < -0.3 is 4.90 Å². The number of nitrogens with one attached hydrogen (secondary N) is 1. The highest BCUT2D eigenvalue weighted by atomic mass is 16.2. The largest absolute Gasteiger partial charge is 0.345 e. The van der Waals surface area contributed by atoms with Crippen molar-refractivity contribution in [3.8, 4) is 11.1 Å². The standard InChI is InChI=1S/C21H21N7O2/c1-14-10-22-27(11-14)13-19(29)24-21-23-18-8-7-17(12-28(18)25-21)15-5-4-6-16(9-15)20(30)26(2)3/h4-12H,13H2,1-3H3,(H,24,25,29). The fourth-order valence-corrected chi connectivity index (χ4v) is 3.06. The molecule has 3 aromatic heterocycles. The zero-order valence-electron chi connectivity index (χ0n) is 16.9. The predicted octanol–water partition coefficient (Wildman–Crippen LogP) is 2.24. The number of hydrogen-bond acceptors (Lipinski definition) is 5. The molecular weight excluding hydrogens is 382 g/mol. The van der Waals surface area contributed by atoms with Crippen molar-refractivity contribution in [2.24, 2.45) is 0 Å². The summed E-state index contributed by atoms with van der Waals surface area (Å²) in [6.07, 6.45) is 5.30. The first-order chi connectivity index (χ1) is 14.4. The maximum absolute atomic E-state index is 12.2. The third kappa shape index (κ3) is 4.04. The molecule has 4 aromatic rings. The summed E-state index contributed by atoms with van der Waals surface area (Å²) >= 11 is 0. The van der Waals surface area contributed by atoms with Crippen molar-refractivity contribution in [1.29, 1.82) is 0 Å². The molecular formula is C21H21N7O2. The number of rotatable bonds is 5. The Kier molecular flexibility index (Phi) is 5.01. The van der Waals surface area contributed by atoms with Crippen molar-refractivity contribution in [3.63, 3.8) is 0 Å². The summed E-state index contributed by atoms with van der Waals surface area (Å²) < 4.78 is 3.16. The van der Waals surface area contributed by atoms with Gasteiger partial charge in [-0.2, -0.15) is 10.1 Å². The molecule has 0 saturated carbocycles. The molecule has 152 valence electrons. The second kappa shape index (κ2) is 7.78. The molecule has 9 heteroatoms. The van der Waals surface area contributed by atoms with E-state index in [0.717, 1.165) is 16.7 Å². The first kappa shape index (κ1) is 19.3. The Bertz CT molecular complexity index is 1240. The summed E-state index contributed by atoms with van der Waals surface area (Å²) in [7, 11) is 3.44. The zero-order chi connectivity index (χ0) is 21.3. The minimum absolute atomic E-state index is 0.0592. The second-order valence-corrected chi connectivity index (χ2v) is 7.20. The van der Waals surface area contributed by atoms with E-state index in [1.807, 2.05) is 43.5 Å². The number of amides is 2. The van der Waals surface area contributed by atoms with Crippen LogP contribution in [0.4, 0.5) is 5.95 Å². The van der Waals surface area contributed by atoms with Gasteiger partial charge in [-0.1, -0.05) is 12.1 Å². The Hall–Kier alpha value is -4.01. The van der Waals surface area contributed by atoms with Crippen LogP contribution in [-0.4, -0.2) is 55.2 Å². The van der Waals surface area contributed by atoms with Gasteiger partial charge in [0.05, 0.1) is 6.20 Å². The van der Waals surface area contributed by atoms with Gasteiger partial charge in [0, 0.05) is 37.6 Å². The molecule has 0 spiro atoms. The number of benzene rings is 1. The highest BCUT2D eigenvalue weighted by Gasteiger charge is 2.12. The zero-order valence-corrected chi connectivity index (χ0v) is 16.9. The van der Waals surface area contributed by atoms with Crippen molar-refractivity contribution >= 4 is 23.4 Å². The summed E-state index contributed by atoms with van der Waals surface area (Å²) in [5, 5.41) is 11.1. The Labute approximate surface area is 173 Å². The Morgan fingerprint density at radius 3 is 2.67 bits per heavy atom. The Morgan fingerprint density at radius 2 is 1.93 bits per heavy atom. The Balaban J connectivity index is 1.55. The van der Waals surface area contributed by atoms with Crippen molar-refractivity contribution < 1.29 is 9.59 Å². The van der Waals surface area contributed by atoms with Gasteiger partial charge in [-0.3, -0.25) is 19.6 Å². The summed E-state index contributed by atoms with van der Waals surface area (Å²) in [5.74, 6) is -0.0993. The molecule has 0 aliphatic rings. The fourth-order valence-electron chi connectivity index (χ4n) is 3.06. The third-order valence-corrected chi connectivity index (χ3v) is 4.50. The SMILES string of the molecule is Cc1cnn(CC(=O)Nc2nc3ccc(-c4cccc(C(=O)N(C)C)c4)cn3n2)c1. The van der Waals surface area contributed by atoms with E-state index in [9.17, 15) is 9.59 Å². The Morgan fingerprint density at radius 1 is 1.10 bits per heavy atom. The van der Waals surface area contributed by atoms with Crippen LogP contribution in [0, 0.1) is 6.92 Å². The average molecular weight is 403 g/mol. The van der Waals surface area contributed by atoms with E-state index in [-0.39, 0.29) is 24.3 Å². The van der Waals surface area contributed by atoms with Crippen molar-refractivity contribution in [2.45, 2.75) is 13.5 Å². The smallest absolute Gasteiger partial charge is 0.253 e. The van der Waals surface area contributed by atoms with E-state index in [0.29, 0.717) is 11.2 Å². The molecule has 0 fully saturated rings. The van der Waals surface area contributed by atoms with E-state index < -0.39 is 0 Å². The topological polar surface area (TPSA) is 97.4 Å². The molecule has 0 aliphatic carbocycles. The maximum atomic E-state index is 12.2. The second-order valence-electron chi connectivity index (χ2n) is 7.20. The molecule has 3 heterocycles. The maximum Gasteiger partial charge on any atom is 0.253 e. The van der Waals surface area contributed by atoms with Crippen LogP contribution in [0.2, 0.25) is 0 Å². The third-order valence-electron chi connectivity index (χ3n) is 4.50. The van der Waals surface area contributed by atoms with Crippen LogP contribution in [-0.2, 0) is 11.3 Å². The molecule has 1 aromatic carbocycles. The molecule has 0 saturated heterocycles. The van der Waals surface area contributed by atoms with Crippen LogP contribution in [0.15, 0.2) is 55.0 Å². The van der Waals surface area contributed by atoms with Gasteiger partial charge in [-0.25, -0.2) is 4.52 Å². The van der Waals surface area contributed by atoms with Crippen LogP contribution in [0.25, 0.3) is 16.8 Å². The molecule has 1 N–H and O–H groups in total. The molecule has 0 bridgehead atoms. The lowest BCUT2D eigenvalue weighted by Gasteiger charge is -2.11. The minimum Gasteiger partial charge on any atom is -0.345 e. The summed E-state index contributed by atoms with van der Waals surface area (Å²) in [6, 6.07) is 11.1. The van der Waals surface area contributed by atoms with Gasteiger partial charge in [0.15, 0.2) is 5.65 Å². The van der Waals surface area contributed by atoms with Crippen LogP contribution in [0.5, 0.6) is 0 Å². The predicted molar refractivity (Wildman–Crippen MR) is 112 cm³/mol. The van der Waals surface area contributed by atoms with Crippen LogP contribution < -0.4 is 5.32 Å². The highest BCUT2D eigenvalue weighted by molar-refractivity contribution is 5.95. The number of hydrogen-bond donors (Lipinski definition) is 1. The van der Waals surface area contributed by atoms with Crippen LogP contribution in [0.1, 0.15) is 15.9 Å². The fraction of sp³-hybridized carbons (Fsp3) is 0.190. The molecule has 0 aliphatic heterocycles. The van der Waals surface area contributed by atoms with Gasteiger partial charge >= 0.3 is 0 Å². The van der Waals surface area contributed by atoms with E-state index >= 15 is 0 Å². The number of carbonyl (C=O) groups excluding carboxylic acids is 2. The van der Waals surface area contributed by atoms with E-state index in [4.69, 9.17) is 0 Å². The quantitative estimate of drug-likeness (QED) is 0.551. The number of nitrogens with zero attached hydrogens (tertiary/aromatic N) is 6. The lowest BCUT2D eigenvalue weighted by molar-refractivity contribution is -0.116. The van der Waals surface area contributed by atoms with Crippen LogP contribution >= 0.6 is 0 Å². The first-order valence-corrected chi connectivity index (χ1v) is 9.36. The number of aromatic nitrogens is 5. The van der Waals surface area contributed by atoms with Crippen molar-refractivity contribution in [3.05, 3.63) is 66.1 Å². The van der Waals surface area contributed by atoms with Crippen molar-refractivity contribution in [2.75, 3.05) is 19.4 Å². The lowest BCUT2D eigenvalue weighted by atomic mass is 10.0. The molecule has 9 nitrogen and oxygen atoms in total. The number of anilines is 1. The van der Waals surface area contributed by atoms with Gasteiger partial charge in [-0.05, 0) is 42.3 Å². The average Bonchev–Trinajstić information content (AvgIpc) is 3.31. The first-order valence-electron chi connectivity index (χ1n) is 9.36. The summed E-state index contributed by atoms with van der Waals surface area (Å²) in [5.41, 5.74) is 3.96. The highest BCUT2D eigenvalue weighted by Crippen LogP contribution is 2.22. The molecule has 0 radical (unpaired) electrons. The number of pyridine rings is 1. The van der Waals surface area contributed by atoms with Gasteiger partial charge in [-0.15, -0.1) is 5.10 Å². The number of aryl methyl sites for hydroxylation is 1. The number of fused-ring (bicyclic) bond motifs is 1. The van der Waals surface area contributed by atoms with E-state index in [1.165, 1.54) is 0 Å². The van der Waals surface area contributed by atoms with E-state index in [1.54, 1.807) is 46.7 Å². The molecule has 2 amide bonds. The van der Waals surface area contributed by atoms with Gasteiger partial charge in [0.2, 0.25) is 11.9 Å². The minimum atomic E-state index is -0.260.